The maximum absolute atomic E-state index is 6.67. The average Bonchev–Trinajstić information content (AvgIpc) is 2.38. The first-order chi connectivity index (χ1) is 9.10. The van der Waals surface area contributed by atoms with Crippen molar-refractivity contribution >= 4 is 0 Å². The fourth-order valence-corrected chi connectivity index (χ4v) is 4.98. The second-order valence-corrected chi connectivity index (χ2v) is 7.82. The van der Waals surface area contributed by atoms with Crippen LogP contribution in [0.25, 0.3) is 0 Å². The Bertz CT molecular complexity index is 244. The molecule has 0 heterocycles. The molecule has 2 aliphatic carbocycles. The largest absolute Gasteiger partial charge is 0.327 e. The smallest absolute Gasteiger partial charge is 0.00958 e. The fraction of sp³-hybridized carbons (Fsp3) is 1.00. The van der Waals surface area contributed by atoms with Gasteiger partial charge >= 0.3 is 0 Å². The third kappa shape index (κ3) is 4.21. The second kappa shape index (κ2) is 7.11. The van der Waals surface area contributed by atoms with Crippen molar-refractivity contribution in [2.24, 2.45) is 35.3 Å². The van der Waals surface area contributed by atoms with Gasteiger partial charge in [-0.05, 0) is 61.7 Å². The van der Waals surface area contributed by atoms with Gasteiger partial charge in [0.25, 0.3) is 0 Å². The molecule has 19 heavy (non-hydrogen) atoms. The topological polar surface area (TPSA) is 26.0 Å². The molecule has 0 aromatic rings. The standard InChI is InChI=1S/C18H35N/c1-4-5-15-6-8-16(9-7-15)18(19)17-11-13(2)10-14(3)12-17/h13-18H,4-12,19H2,1-3H3. The predicted octanol–water partition coefficient (Wildman–Crippen LogP) is 4.99. The lowest BCUT2D eigenvalue weighted by molar-refractivity contribution is 0.135. The summed E-state index contributed by atoms with van der Waals surface area (Å²) in [5, 5.41) is 0. The number of rotatable bonds is 4. The lowest BCUT2D eigenvalue weighted by Gasteiger charge is -2.40. The number of hydrogen-bond donors (Lipinski definition) is 1. The Labute approximate surface area is 120 Å². The van der Waals surface area contributed by atoms with Gasteiger partial charge in [0.1, 0.15) is 0 Å². The summed E-state index contributed by atoms with van der Waals surface area (Å²) in [5.41, 5.74) is 6.67. The van der Waals surface area contributed by atoms with E-state index >= 15 is 0 Å². The van der Waals surface area contributed by atoms with E-state index in [2.05, 4.69) is 20.8 Å². The summed E-state index contributed by atoms with van der Waals surface area (Å²) in [6.45, 7) is 7.17. The van der Waals surface area contributed by atoms with Crippen LogP contribution >= 0.6 is 0 Å². The summed E-state index contributed by atoms with van der Waals surface area (Å²) in [5.74, 6) is 4.45. The molecule has 0 aromatic carbocycles. The minimum Gasteiger partial charge on any atom is -0.327 e. The van der Waals surface area contributed by atoms with Crippen molar-refractivity contribution in [2.75, 3.05) is 0 Å². The van der Waals surface area contributed by atoms with Crippen LogP contribution in [0.15, 0.2) is 0 Å². The minimum atomic E-state index is 0.493. The Morgan fingerprint density at radius 3 is 2.00 bits per heavy atom. The highest BCUT2D eigenvalue weighted by Crippen LogP contribution is 2.40. The summed E-state index contributed by atoms with van der Waals surface area (Å²) in [6, 6.07) is 0.493. The van der Waals surface area contributed by atoms with Crippen molar-refractivity contribution in [3.8, 4) is 0 Å². The Kier molecular flexibility index (Phi) is 5.74. The zero-order valence-electron chi connectivity index (χ0n) is 13.4. The van der Waals surface area contributed by atoms with Crippen LogP contribution in [0, 0.1) is 29.6 Å². The van der Waals surface area contributed by atoms with E-state index in [0.29, 0.717) is 6.04 Å². The molecule has 2 saturated carbocycles. The van der Waals surface area contributed by atoms with Crippen LogP contribution in [0.1, 0.15) is 78.6 Å². The highest BCUT2D eigenvalue weighted by atomic mass is 14.7. The summed E-state index contributed by atoms with van der Waals surface area (Å²) in [4.78, 5) is 0. The maximum atomic E-state index is 6.67. The molecule has 0 saturated heterocycles. The van der Waals surface area contributed by atoms with Crippen molar-refractivity contribution in [3.05, 3.63) is 0 Å². The lowest BCUT2D eigenvalue weighted by Crippen LogP contribution is -2.42. The third-order valence-corrected chi connectivity index (χ3v) is 5.89. The van der Waals surface area contributed by atoms with Crippen LogP contribution in [-0.4, -0.2) is 6.04 Å². The molecule has 0 amide bonds. The van der Waals surface area contributed by atoms with Crippen LogP contribution in [0.4, 0.5) is 0 Å². The van der Waals surface area contributed by atoms with E-state index in [9.17, 15) is 0 Å². The van der Waals surface area contributed by atoms with E-state index in [4.69, 9.17) is 5.73 Å². The predicted molar refractivity (Wildman–Crippen MR) is 84.0 cm³/mol. The van der Waals surface area contributed by atoms with Crippen molar-refractivity contribution in [1.82, 2.24) is 0 Å². The zero-order chi connectivity index (χ0) is 13.8. The van der Waals surface area contributed by atoms with Crippen LogP contribution < -0.4 is 5.73 Å². The van der Waals surface area contributed by atoms with Gasteiger partial charge in [-0.15, -0.1) is 0 Å². The zero-order valence-corrected chi connectivity index (χ0v) is 13.4. The van der Waals surface area contributed by atoms with Crippen molar-refractivity contribution in [2.45, 2.75) is 84.6 Å². The van der Waals surface area contributed by atoms with Gasteiger partial charge in [-0.3, -0.25) is 0 Å². The molecule has 0 aliphatic heterocycles. The second-order valence-electron chi connectivity index (χ2n) is 7.82. The average molecular weight is 265 g/mol. The number of nitrogens with two attached hydrogens (primary N) is 1. The van der Waals surface area contributed by atoms with Gasteiger partial charge in [0, 0.05) is 6.04 Å². The van der Waals surface area contributed by atoms with Gasteiger partial charge in [0.15, 0.2) is 0 Å². The van der Waals surface area contributed by atoms with Gasteiger partial charge in [-0.25, -0.2) is 0 Å². The Morgan fingerprint density at radius 2 is 1.47 bits per heavy atom. The van der Waals surface area contributed by atoms with Gasteiger partial charge in [-0.2, -0.15) is 0 Å². The molecule has 2 N–H and O–H groups in total. The molecule has 3 atom stereocenters. The molecule has 3 unspecified atom stereocenters. The lowest BCUT2D eigenvalue weighted by atomic mass is 9.68. The van der Waals surface area contributed by atoms with E-state index in [1.165, 1.54) is 57.8 Å². The van der Waals surface area contributed by atoms with E-state index < -0.39 is 0 Å². The first-order valence-electron chi connectivity index (χ1n) is 8.85. The summed E-state index contributed by atoms with van der Waals surface area (Å²) in [6.07, 6.45) is 12.7. The van der Waals surface area contributed by atoms with E-state index in [1.807, 2.05) is 0 Å². The Balaban J connectivity index is 1.81. The van der Waals surface area contributed by atoms with Crippen LogP contribution in [0.2, 0.25) is 0 Å². The molecule has 0 spiro atoms. The highest BCUT2D eigenvalue weighted by molar-refractivity contribution is 4.88. The van der Waals surface area contributed by atoms with Gasteiger partial charge in [0.2, 0.25) is 0 Å². The Morgan fingerprint density at radius 1 is 0.895 bits per heavy atom. The van der Waals surface area contributed by atoms with Crippen molar-refractivity contribution < 1.29 is 0 Å². The SMILES string of the molecule is CCCC1CCC(C(N)C2CC(C)CC(C)C2)CC1. The van der Waals surface area contributed by atoms with Gasteiger partial charge < -0.3 is 5.73 Å². The number of hydrogen-bond acceptors (Lipinski definition) is 1. The molecule has 0 bridgehead atoms. The molecule has 2 aliphatic rings. The monoisotopic (exact) mass is 265 g/mol. The van der Waals surface area contributed by atoms with E-state index in [1.54, 1.807) is 0 Å². The van der Waals surface area contributed by atoms with Crippen molar-refractivity contribution in [3.63, 3.8) is 0 Å². The quantitative estimate of drug-likeness (QED) is 0.761. The molecule has 1 heteroatoms. The normalized spacial score (nSPS) is 42.0. The molecular formula is C18H35N. The summed E-state index contributed by atoms with van der Waals surface area (Å²) < 4.78 is 0. The van der Waals surface area contributed by atoms with Crippen LogP contribution in [0.5, 0.6) is 0 Å². The summed E-state index contributed by atoms with van der Waals surface area (Å²) in [7, 11) is 0. The van der Waals surface area contributed by atoms with E-state index in [-0.39, 0.29) is 0 Å². The Hall–Kier alpha value is -0.0400. The molecule has 1 nitrogen and oxygen atoms in total. The van der Waals surface area contributed by atoms with Gasteiger partial charge in [-0.1, -0.05) is 46.5 Å². The van der Waals surface area contributed by atoms with Crippen LogP contribution in [-0.2, 0) is 0 Å². The molecule has 0 aromatic heterocycles. The first kappa shape index (κ1) is 15.4. The molecule has 2 rings (SSSR count). The molecule has 112 valence electrons. The molecule has 0 radical (unpaired) electrons. The van der Waals surface area contributed by atoms with Crippen LogP contribution in [0.3, 0.4) is 0 Å². The highest BCUT2D eigenvalue weighted by Gasteiger charge is 2.33. The third-order valence-electron chi connectivity index (χ3n) is 5.89. The van der Waals surface area contributed by atoms with Crippen molar-refractivity contribution in [1.29, 1.82) is 0 Å². The molecular weight excluding hydrogens is 230 g/mol. The summed E-state index contributed by atoms with van der Waals surface area (Å²) >= 11 is 0. The minimum absolute atomic E-state index is 0.493. The van der Waals surface area contributed by atoms with E-state index in [0.717, 1.165) is 29.6 Å². The fourth-order valence-electron chi connectivity index (χ4n) is 4.98. The maximum Gasteiger partial charge on any atom is 0.00958 e. The first-order valence-corrected chi connectivity index (χ1v) is 8.85. The molecule has 2 fully saturated rings. The van der Waals surface area contributed by atoms with Gasteiger partial charge in [0.05, 0.1) is 0 Å².